The summed E-state index contributed by atoms with van der Waals surface area (Å²) in [5.74, 6) is -0.687. The number of rotatable bonds is 2. The summed E-state index contributed by atoms with van der Waals surface area (Å²) in [6, 6.07) is 5.41. The highest BCUT2D eigenvalue weighted by molar-refractivity contribution is 5.72. The van der Waals surface area contributed by atoms with Crippen LogP contribution in [0.5, 0.6) is 5.75 Å². The molecule has 3 nitrogen and oxygen atoms in total. The summed E-state index contributed by atoms with van der Waals surface area (Å²) in [6.45, 7) is 2.00. The smallest absolute Gasteiger partial charge is 0.307 e. The Kier molecular flexibility index (Phi) is 2.86. The van der Waals surface area contributed by atoms with Gasteiger partial charge in [0.2, 0.25) is 0 Å². The molecule has 0 heterocycles. The largest absolute Gasteiger partial charge is 0.508 e. The van der Waals surface area contributed by atoms with E-state index in [0.29, 0.717) is 18.6 Å². The van der Waals surface area contributed by atoms with Gasteiger partial charge in [-0.3, -0.25) is 4.79 Å². The van der Waals surface area contributed by atoms with Gasteiger partial charge in [-0.2, -0.15) is 0 Å². The summed E-state index contributed by atoms with van der Waals surface area (Å²) in [6.07, 6.45) is 2.08. The zero-order valence-electron chi connectivity index (χ0n) is 9.31. The number of fused-ring (bicyclic) bond motifs is 1. The Balaban J connectivity index is 2.45. The number of benzene rings is 1. The minimum absolute atomic E-state index is 0.0355. The predicted molar refractivity (Wildman–Crippen MR) is 60.6 cm³/mol. The Morgan fingerprint density at radius 3 is 2.88 bits per heavy atom. The van der Waals surface area contributed by atoms with Gasteiger partial charge in [-0.15, -0.1) is 0 Å². The summed E-state index contributed by atoms with van der Waals surface area (Å²) >= 11 is 0. The number of phenols is 1. The molecule has 2 N–H and O–H groups in total. The molecule has 86 valence electrons. The molecule has 0 aromatic heterocycles. The van der Waals surface area contributed by atoms with E-state index in [-0.39, 0.29) is 11.8 Å². The van der Waals surface area contributed by atoms with Crippen molar-refractivity contribution in [2.45, 2.75) is 32.1 Å². The topological polar surface area (TPSA) is 57.5 Å². The molecule has 0 spiro atoms. The van der Waals surface area contributed by atoms with E-state index in [1.54, 1.807) is 12.1 Å². The average molecular weight is 220 g/mol. The number of aromatic hydroxyl groups is 1. The molecule has 1 aliphatic rings. The molecule has 0 radical (unpaired) electrons. The van der Waals surface area contributed by atoms with E-state index >= 15 is 0 Å². The minimum atomic E-state index is -0.721. The lowest BCUT2D eigenvalue weighted by atomic mass is 9.73. The molecule has 0 aliphatic heterocycles. The van der Waals surface area contributed by atoms with Crippen molar-refractivity contribution in [2.24, 2.45) is 5.92 Å². The molecule has 0 saturated carbocycles. The molecule has 0 fully saturated rings. The van der Waals surface area contributed by atoms with Crippen LogP contribution in [0.25, 0.3) is 0 Å². The van der Waals surface area contributed by atoms with Crippen molar-refractivity contribution in [3.05, 3.63) is 29.3 Å². The molecule has 1 aliphatic carbocycles. The van der Waals surface area contributed by atoms with Gasteiger partial charge in [0.05, 0.1) is 5.92 Å². The van der Waals surface area contributed by atoms with Gasteiger partial charge in [-0.25, -0.2) is 0 Å². The zero-order valence-corrected chi connectivity index (χ0v) is 9.31. The van der Waals surface area contributed by atoms with Crippen molar-refractivity contribution in [3.8, 4) is 5.75 Å². The van der Waals surface area contributed by atoms with Gasteiger partial charge in [0, 0.05) is 0 Å². The van der Waals surface area contributed by atoms with E-state index < -0.39 is 5.97 Å². The summed E-state index contributed by atoms with van der Waals surface area (Å²) in [7, 11) is 0. The van der Waals surface area contributed by atoms with Crippen molar-refractivity contribution in [2.75, 3.05) is 0 Å². The number of aliphatic carboxylic acids is 1. The maximum atomic E-state index is 11.2. The molecule has 0 saturated heterocycles. The van der Waals surface area contributed by atoms with Crippen LogP contribution in [-0.2, 0) is 11.2 Å². The number of carbonyl (C=O) groups is 1. The van der Waals surface area contributed by atoms with E-state index in [2.05, 4.69) is 0 Å². The Morgan fingerprint density at radius 1 is 1.50 bits per heavy atom. The number of carboxylic acids is 1. The van der Waals surface area contributed by atoms with Gasteiger partial charge in [0.1, 0.15) is 5.75 Å². The maximum Gasteiger partial charge on any atom is 0.307 e. The van der Waals surface area contributed by atoms with Gasteiger partial charge in [0.25, 0.3) is 0 Å². The molecule has 16 heavy (non-hydrogen) atoms. The van der Waals surface area contributed by atoms with Crippen molar-refractivity contribution >= 4 is 5.97 Å². The summed E-state index contributed by atoms with van der Waals surface area (Å²) in [4.78, 5) is 11.2. The summed E-state index contributed by atoms with van der Waals surface area (Å²) in [5.41, 5.74) is 1.95. The average Bonchev–Trinajstić information content (AvgIpc) is 2.27. The van der Waals surface area contributed by atoms with Crippen LogP contribution in [0.2, 0.25) is 0 Å². The Labute approximate surface area is 94.7 Å². The molecular weight excluding hydrogens is 204 g/mol. The van der Waals surface area contributed by atoms with Crippen LogP contribution >= 0.6 is 0 Å². The van der Waals surface area contributed by atoms with Gasteiger partial charge in [-0.1, -0.05) is 19.1 Å². The summed E-state index contributed by atoms with van der Waals surface area (Å²) in [5, 5.41) is 18.9. The third kappa shape index (κ3) is 1.66. The second-order valence-electron chi connectivity index (χ2n) is 4.34. The lowest BCUT2D eigenvalue weighted by Crippen LogP contribution is -2.27. The van der Waals surface area contributed by atoms with Crippen LogP contribution in [0.3, 0.4) is 0 Å². The zero-order chi connectivity index (χ0) is 11.7. The van der Waals surface area contributed by atoms with E-state index in [1.165, 1.54) is 0 Å². The number of hydrogen-bond acceptors (Lipinski definition) is 2. The number of phenolic OH excluding ortho intramolecular Hbond substituents is 1. The van der Waals surface area contributed by atoms with E-state index in [9.17, 15) is 15.0 Å². The third-order valence-corrected chi connectivity index (χ3v) is 3.54. The van der Waals surface area contributed by atoms with Crippen LogP contribution in [0.4, 0.5) is 0 Å². The second-order valence-corrected chi connectivity index (χ2v) is 4.34. The SMILES string of the molecule is CCC1c2cccc(O)c2CCC1C(=O)O. The molecule has 2 unspecified atom stereocenters. The quantitative estimate of drug-likeness (QED) is 0.805. The molecule has 1 aromatic carbocycles. The van der Waals surface area contributed by atoms with Crippen LogP contribution in [0, 0.1) is 5.92 Å². The third-order valence-electron chi connectivity index (χ3n) is 3.54. The predicted octanol–water partition coefficient (Wildman–Crippen LogP) is 2.53. The maximum absolute atomic E-state index is 11.2. The molecule has 3 heteroatoms. The van der Waals surface area contributed by atoms with Crippen molar-refractivity contribution in [1.82, 2.24) is 0 Å². The van der Waals surface area contributed by atoms with Gasteiger partial charge in [0.15, 0.2) is 0 Å². The summed E-state index contributed by atoms with van der Waals surface area (Å²) < 4.78 is 0. The fraction of sp³-hybridized carbons (Fsp3) is 0.462. The fourth-order valence-corrected chi connectivity index (χ4v) is 2.73. The Bertz CT molecular complexity index is 412. The monoisotopic (exact) mass is 220 g/mol. The molecular formula is C13H16O3. The first-order valence-corrected chi connectivity index (χ1v) is 5.68. The van der Waals surface area contributed by atoms with Crippen LogP contribution in [-0.4, -0.2) is 16.2 Å². The fourth-order valence-electron chi connectivity index (χ4n) is 2.73. The first kappa shape index (κ1) is 11.0. The van der Waals surface area contributed by atoms with Gasteiger partial charge in [-0.05, 0) is 42.4 Å². The normalized spacial score (nSPS) is 23.8. The Morgan fingerprint density at radius 2 is 2.25 bits per heavy atom. The van der Waals surface area contributed by atoms with Crippen molar-refractivity contribution in [1.29, 1.82) is 0 Å². The van der Waals surface area contributed by atoms with E-state index in [1.807, 2.05) is 13.0 Å². The molecule has 0 bridgehead atoms. The molecule has 0 amide bonds. The molecule has 2 rings (SSSR count). The first-order chi connectivity index (χ1) is 7.65. The lowest BCUT2D eigenvalue weighted by molar-refractivity contribution is -0.143. The standard InChI is InChI=1S/C13H16O3/c1-2-8-9-4-3-5-12(14)10(9)6-7-11(8)13(15)16/h3-5,8,11,14H,2,6-7H2,1H3,(H,15,16). The van der Waals surface area contributed by atoms with Crippen LogP contribution in [0.15, 0.2) is 18.2 Å². The van der Waals surface area contributed by atoms with Gasteiger partial charge < -0.3 is 10.2 Å². The Hall–Kier alpha value is -1.51. The highest BCUT2D eigenvalue weighted by Crippen LogP contribution is 2.41. The highest BCUT2D eigenvalue weighted by atomic mass is 16.4. The first-order valence-electron chi connectivity index (χ1n) is 5.68. The highest BCUT2D eigenvalue weighted by Gasteiger charge is 2.33. The lowest BCUT2D eigenvalue weighted by Gasteiger charge is -2.30. The van der Waals surface area contributed by atoms with E-state index in [0.717, 1.165) is 17.5 Å². The number of hydrogen-bond donors (Lipinski definition) is 2. The van der Waals surface area contributed by atoms with Gasteiger partial charge >= 0.3 is 5.97 Å². The van der Waals surface area contributed by atoms with Crippen LogP contribution in [0.1, 0.15) is 36.8 Å². The number of carboxylic acid groups (broad SMARTS) is 1. The molecule has 1 aromatic rings. The minimum Gasteiger partial charge on any atom is -0.508 e. The second kappa shape index (κ2) is 4.16. The van der Waals surface area contributed by atoms with Crippen LogP contribution < -0.4 is 0 Å². The van der Waals surface area contributed by atoms with Crippen molar-refractivity contribution in [3.63, 3.8) is 0 Å². The molecule has 2 atom stereocenters. The van der Waals surface area contributed by atoms with E-state index in [4.69, 9.17) is 0 Å². The van der Waals surface area contributed by atoms with Crippen molar-refractivity contribution < 1.29 is 15.0 Å².